The SMILES string of the molecule is COc1ccc([Si](C)(C)[C@H]2[C@H](CCO)O[C@@]3(C(=O)N(Cc4cccc(N5CCNCC5=O)c4)c4ccc(Cl)cc43)[C@@H]2C)cc1. The molecular formula is C34H40ClN3O5Si. The zero-order chi connectivity index (χ0) is 31.2. The molecule has 3 aromatic rings. The molecule has 4 atom stereocenters. The number of amides is 2. The van der Waals surface area contributed by atoms with Crippen molar-refractivity contribution in [3.8, 4) is 5.75 Å². The molecule has 0 aliphatic carbocycles. The lowest BCUT2D eigenvalue weighted by Crippen LogP contribution is -2.51. The van der Waals surface area contributed by atoms with Gasteiger partial charge in [0.15, 0.2) is 5.60 Å². The van der Waals surface area contributed by atoms with Gasteiger partial charge in [-0.3, -0.25) is 9.59 Å². The number of hydrogen-bond donors (Lipinski definition) is 2. The highest BCUT2D eigenvalue weighted by Crippen LogP contribution is 2.60. The topological polar surface area (TPSA) is 91.3 Å². The number of carbonyl (C=O) groups excluding carboxylic acids is 2. The molecule has 1 spiro atoms. The molecule has 2 N–H and O–H groups in total. The number of aliphatic hydroxyl groups is 1. The fourth-order valence-corrected chi connectivity index (χ4v) is 12.0. The first-order chi connectivity index (χ1) is 21.1. The predicted molar refractivity (Wildman–Crippen MR) is 176 cm³/mol. The first-order valence-electron chi connectivity index (χ1n) is 15.3. The summed E-state index contributed by atoms with van der Waals surface area (Å²) in [5.41, 5.74) is 2.12. The van der Waals surface area contributed by atoms with Crippen molar-refractivity contribution in [1.29, 1.82) is 0 Å². The molecule has 0 unspecified atom stereocenters. The van der Waals surface area contributed by atoms with Gasteiger partial charge in [-0.2, -0.15) is 0 Å². The van der Waals surface area contributed by atoms with Crippen LogP contribution in [0.2, 0.25) is 23.7 Å². The number of methoxy groups -OCH3 is 1. The Morgan fingerprint density at radius 1 is 1.11 bits per heavy atom. The molecule has 2 fully saturated rings. The maximum atomic E-state index is 14.8. The van der Waals surface area contributed by atoms with Crippen LogP contribution in [-0.2, 0) is 26.5 Å². The van der Waals surface area contributed by atoms with Gasteiger partial charge in [0, 0.05) is 41.9 Å². The van der Waals surface area contributed by atoms with Crippen molar-refractivity contribution in [2.45, 2.75) is 50.2 Å². The zero-order valence-electron chi connectivity index (χ0n) is 25.7. The van der Waals surface area contributed by atoms with Gasteiger partial charge in [0.05, 0.1) is 40.1 Å². The second-order valence-electron chi connectivity index (χ2n) is 12.6. The highest BCUT2D eigenvalue weighted by Gasteiger charge is 2.66. The van der Waals surface area contributed by atoms with Gasteiger partial charge >= 0.3 is 0 Å². The monoisotopic (exact) mass is 633 g/mol. The molecule has 2 amide bonds. The van der Waals surface area contributed by atoms with E-state index in [9.17, 15) is 14.7 Å². The molecule has 0 saturated carbocycles. The standard InChI is InChI=1S/C34H40ClN3O5Si/c1-22-32(44(3,4)27-11-9-26(42-2)10-12-27)30(14-17-39)43-34(22)28-19-24(35)8-13-29(28)38(33(34)41)21-23-6-5-7-25(18-23)37-16-15-36-20-31(37)40/h5-13,18-19,22,30,32,36,39H,14-17,20-21H2,1-4H3/t22-,30+,32-,34+/m1/s1. The van der Waals surface area contributed by atoms with Crippen LogP contribution >= 0.6 is 11.6 Å². The van der Waals surface area contributed by atoms with Gasteiger partial charge in [0.2, 0.25) is 5.91 Å². The van der Waals surface area contributed by atoms with Crippen molar-refractivity contribution in [2.24, 2.45) is 5.92 Å². The second-order valence-corrected chi connectivity index (χ2v) is 17.7. The summed E-state index contributed by atoms with van der Waals surface area (Å²) >= 11 is 6.59. The van der Waals surface area contributed by atoms with E-state index in [0.29, 0.717) is 31.1 Å². The van der Waals surface area contributed by atoms with E-state index in [1.54, 1.807) is 16.9 Å². The van der Waals surface area contributed by atoms with E-state index in [1.165, 1.54) is 5.19 Å². The molecule has 232 valence electrons. The maximum Gasteiger partial charge on any atom is 0.264 e. The number of nitrogens with one attached hydrogen (secondary N) is 1. The fraction of sp³-hybridized carbons (Fsp3) is 0.412. The number of nitrogens with zero attached hydrogens (tertiary/aromatic N) is 2. The summed E-state index contributed by atoms with van der Waals surface area (Å²) in [5, 5.41) is 15.0. The molecule has 0 radical (unpaired) electrons. The van der Waals surface area contributed by atoms with E-state index in [-0.39, 0.29) is 36.0 Å². The van der Waals surface area contributed by atoms with Crippen LogP contribution in [-0.4, -0.2) is 64.4 Å². The van der Waals surface area contributed by atoms with Crippen LogP contribution in [0.4, 0.5) is 11.4 Å². The van der Waals surface area contributed by atoms with Gasteiger partial charge in [0.25, 0.3) is 5.91 Å². The van der Waals surface area contributed by atoms with E-state index in [0.717, 1.165) is 34.8 Å². The van der Waals surface area contributed by atoms with Gasteiger partial charge < -0.3 is 29.7 Å². The van der Waals surface area contributed by atoms with E-state index < -0.39 is 13.7 Å². The first-order valence-corrected chi connectivity index (χ1v) is 18.7. The van der Waals surface area contributed by atoms with Crippen molar-refractivity contribution in [3.05, 3.63) is 82.9 Å². The Hall–Kier alpha value is -3.21. The fourth-order valence-electron chi connectivity index (χ4n) is 7.72. The lowest BCUT2D eigenvalue weighted by molar-refractivity contribution is -0.146. The molecule has 3 heterocycles. The molecule has 10 heteroatoms. The normalized spacial score (nSPS) is 25.2. The van der Waals surface area contributed by atoms with E-state index in [4.69, 9.17) is 21.1 Å². The van der Waals surface area contributed by atoms with Gasteiger partial charge in [-0.05, 0) is 60.0 Å². The molecule has 3 aliphatic heterocycles. The van der Waals surface area contributed by atoms with Crippen LogP contribution in [0.3, 0.4) is 0 Å². The molecule has 2 saturated heterocycles. The van der Waals surface area contributed by atoms with E-state index in [1.807, 2.05) is 54.6 Å². The highest BCUT2D eigenvalue weighted by molar-refractivity contribution is 6.91. The molecule has 8 nitrogen and oxygen atoms in total. The van der Waals surface area contributed by atoms with Crippen LogP contribution in [0.15, 0.2) is 66.7 Å². The summed E-state index contributed by atoms with van der Waals surface area (Å²) in [4.78, 5) is 31.0. The second kappa shape index (κ2) is 11.9. The minimum Gasteiger partial charge on any atom is -0.497 e. The summed E-state index contributed by atoms with van der Waals surface area (Å²) in [5.74, 6) is 0.536. The minimum atomic E-state index is -2.27. The number of halogens is 1. The van der Waals surface area contributed by atoms with Crippen molar-refractivity contribution >= 4 is 48.1 Å². The van der Waals surface area contributed by atoms with E-state index in [2.05, 4.69) is 37.5 Å². The number of piperazine rings is 1. The summed E-state index contributed by atoms with van der Waals surface area (Å²) in [7, 11) is -0.612. The number of rotatable bonds is 8. The Bertz CT molecular complexity index is 1570. The highest BCUT2D eigenvalue weighted by atomic mass is 35.5. The summed E-state index contributed by atoms with van der Waals surface area (Å²) in [6, 6.07) is 21.7. The van der Waals surface area contributed by atoms with Gasteiger partial charge in [-0.1, -0.05) is 61.1 Å². The minimum absolute atomic E-state index is 0.0300. The average molecular weight is 634 g/mol. The smallest absolute Gasteiger partial charge is 0.264 e. The van der Waals surface area contributed by atoms with Crippen LogP contribution in [0.25, 0.3) is 0 Å². The third kappa shape index (κ3) is 5.04. The average Bonchev–Trinajstić information content (AvgIpc) is 3.44. The largest absolute Gasteiger partial charge is 0.497 e. The zero-order valence-corrected chi connectivity index (χ0v) is 27.4. The maximum absolute atomic E-state index is 14.8. The van der Waals surface area contributed by atoms with Crippen LogP contribution < -0.4 is 25.0 Å². The third-order valence-electron chi connectivity index (χ3n) is 9.86. The number of aliphatic hydroxyl groups excluding tert-OH is 1. The van der Waals surface area contributed by atoms with Crippen molar-refractivity contribution < 1.29 is 24.2 Å². The summed E-state index contributed by atoms with van der Waals surface area (Å²) in [6.45, 7) is 8.71. The number of anilines is 2. The molecule has 3 aliphatic rings. The number of carbonyl (C=O) groups is 2. The van der Waals surface area contributed by atoms with Gasteiger partial charge in [0.1, 0.15) is 5.75 Å². The Balaban J connectivity index is 1.39. The van der Waals surface area contributed by atoms with Crippen molar-refractivity contribution in [1.82, 2.24) is 5.32 Å². The lowest BCUT2D eigenvalue weighted by Gasteiger charge is -2.37. The Labute approximate surface area is 264 Å². The number of fused-ring (bicyclic) bond motifs is 2. The van der Waals surface area contributed by atoms with Crippen LogP contribution in [0, 0.1) is 5.92 Å². The van der Waals surface area contributed by atoms with Gasteiger partial charge in [-0.25, -0.2) is 0 Å². The predicted octanol–water partition coefficient (Wildman–Crippen LogP) is 4.43. The number of benzene rings is 3. The summed E-state index contributed by atoms with van der Waals surface area (Å²) < 4.78 is 12.4. The third-order valence-corrected chi connectivity index (χ3v) is 14.5. The molecule has 6 rings (SSSR count). The van der Waals surface area contributed by atoms with Crippen LogP contribution in [0.5, 0.6) is 5.75 Å². The molecular weight excluding hydrogens is 594 g/mol. The quantitative estimate of drug-likeness (QED) is 0.357. The molecule has 3 aromatic carbocycles. The van der Waals surface area contributed by atoms with Crippen molar-refractivity contribution in [2.75, 3.05) is 43.2 Å². The van der Waals surface area contributed by atoms with Crippen molar-refractivity contribution in [3.63, 3.8) is 0 Å². The Morgan fingerprint density at radius 3 is 2.59 bits per heavy atom. The molecule has 44 heavy (non-hydrogen) atoms. The molecule has 0 aromatic heterocycles. The lowest BCUT2D eigenvalue weighted by atomic mass is 9.82. The number of ether oxygens (including phenoxy) is 2. The van der Waals surface area contributed by atoms with E-state index >= 15 is 0 Å². The Kier molecular flexibility index (Phi) is 8.36. The number of hydrogen-bond acceptors (Lipinski definition) is 6. The Morgan fingerprint density at radius 2 is 1.89 bits per heavy atom. The van der Waals surface area contributed by atoms with Gasteiger partial charge in [-0.15, -0.1) is 0 Å². The molecule has 0 bridgehead atoms. The first kappa shape index (κ1) is 30.8. The summed E-state index contributed by atoms with van der Waals surface area (Å²) in [6.07, 6.45) is 0.129. The van der Waals surface area contributed by atoms with Crippen LogP contribution in [0.1, 0.15) is 24.5 Å².